The van der Waals surface area contributed by atoms with Crippen molar-refractivity contribution in [3.63, 3.8) is 0 Å². The number of carbonyl (C=O) groups is 1. The van der Waals surface area contributed by atoms with E-state index in [0.29, 0.717) is 6.54 Å². The first-order valence-corrected chi connectivity index (χ1v) is 7.84. The number of hydrogen-bond donors (Lipinski definition) is 0. The van der Waals surface area contributed by atoms with Crippen molar-refractivity contribution in [2.45, 2.75) is 40.0 Å². The average Bonchev–Trinajstić information content (AvgIpc) is 2.91. The Hall–Kier alpha value is -2.03. The van der Waals surface area contributed by atoms with Crippen LogP contribution in [0.25, 0.3) is 0 Å². The zero-order chi connectivity index (χ0) is 19.1. The molecule has 0 aliphatic heterocycles. The molecule has 2 aromatic rings. The second kappa shape index (κ2) is 6.70. The predicted molar refractivity (Wildman–Crippen MR) is 86.1 cm³/mol. The molecule has 0 aliphatic carbocycles. The van der Waals surface area contributed by atoms with Crippen molar-refractivity contribution in [1.82, 2.24) is 24.5 Å². The van der Waals surface area contributed by atoms with Crippen LogP contribution in [-0.4, -0.2) is 37.4 Å². The Morgan fingerprint density at radius 3 is 2.24 bits per heavy atom. The lowest BCUT2D eigenvalue weighted by Gasteiger charge is -2.18. The molecule has 2 rings (SSSR count). The SMILES string of the molecule is Cc1nn(C)c(C)c1CN(C)C(=O)Cn1nc(C(F)(F)F)c(Cl)c1C. The van der Waals surface area contributed by atoms with Gasteiger partial charge in [-0.05, 0) is 20.8 Å². The molecule has 138 valence electrons. The van der Waals surface area contributed by atoms with Gasteiger partial charge in [-0.2, -0.15) is 23.4 Å². The van der Waals surface area contributed by atoms with Gasteiger partial charge in [0.25, 0.3) is 0 Å². The van der Waals surface area contributed by atoms with E-state index in [4.69, 9.17) is 11.6 Å². The molecule has 1 amide bonds. The fourth-order valence-electron chi connectivity index (χ4n) is 2.48. The molecule has 2 heterocycles. The van der Waals surface area contributed by atoms with Crippen molar-refractivity contribution in [3.8, 4) is 0 Å². The highest BCUT2D eigenvalue weighted by Gasteiger charge is 2.38. The van der Waals surface area contributed by atoms with Gasteiger partial charge in [-0.1, -0.05) is 11.6 Å². The van der Waals surface area contributed by atoms with Gasteiger partial charge in [0.05, 0.1) is 16.4 Å². The van der Waals surface area contributed by atoms with Gasteiger partial charge in [0.1, 0.15) is 6.54 Å². The minimum atomic E-state index is -4.66. The quantitative estimate of drug-likeness (QED) is 0.823. The summed E-state index contributed by atoms with van der Waals surface area (Å²) in [7, 11) is 3.39. The lowest BCUT2D eigenvalue weighted by atomic mass is 10.2. The zero-order valence-electron chi connectivity index (χ0n) is 14.6. The first-order chi connectivity index (χ1) is 11.4. The van der Waals surface area contributed by atoms with Gasteiger partial charge in [0, 0.05) is 31.9 Å². The van der Waals surface area contributed by atoms with Crippen molar-refractivity contribution in [3.05, 3.63) is 33.4 Å². The first-order valence-electron chi connectivity index (χ1n) is 7.46. The van der Waals surface area contributed by atoms with Crippen LogP contribution in [-0.2, 0) is 31.1 Å². The number of aromatic nitrogens is 4. The van der Waals surface area contributed by atoms with E-state index >= 15 is 0 Å². The standard InChI is InChI=1S/C15H19ClF3N5O/c1-8-11(9(2)23(5)20-8)6-22(4)12(25)7-24-10(3)13(16)14(21-24)15(17,18)19/h6-7H2,1-5H3. The molecule has 0 aromatic carbocycles. The molecule has 25 heavy (non-hydrogen) atoms. The molecule has 0 saturated heterocycles. The minimum Gasteiger partial charge on any atom is -0.340 e. The summed E-state index contributed by atoms with van der Waals surface area (Å²) in [6.07, 6.45) is -4.66. The van der Waals surface area contributed by atoms with Gasteiger partial charge in [-0.25, -0.2) is 0 Å². The van der Waals surface area contributed by atoms with Crippen molar-refractivity contribution >= 4 is 17.5 Å². The van der Waals surface area contributed by atoms with Crippen molar-refractivity contribution < 1.29 is 18.0 Å². The second-order valence-electron chi connectivity index (χ2n) is 5.93. The van der Waals surface area contributed by atoms with Crippen LogP contribution in [0.3, 0.4) is 0 Å². The lowest BCUT2D eigenvalue weighted by Crippen LogP contribution is -2.31. The summed E-state index contributed by atoms with van der Waals surface area (Å²) in [5.41, 5.74) is 1.56. The molecule has 0 saturated carbocycles. The number of rotatable bonds is 4. The largest absolute Gasteiger partial charge is 0.436 e. The van der Waals surface area contributed by atoms with E-state index in [-0.39, 0.29) is 18.1 Å². The van der Waals surface area contributed by atoms with E-state index in [9.17, 15) is 18.0 Å². The number of hydrogen-bond acceptors (Lipinski definition) is 3. The third kappa shape index (κ3) is 3.81. The summed E-state index contributed by atoms with van der Waals surface area (Å²) in [5, 5.41) is 7.24. The summed E-state index contributed by atoms with van der Waals surface area (Å²) in [4.78, 5) is 13.8. The molecule has 0 spiro atoms. The Bertz CT molecular complexity index is 809. The fourth-order valence-corrected chi connectivity index (χ4v) is 2.72. The topological polar surface area (TPSA) is 56.0 Å². The van der Waals surface area contributed by atoms with Crippen LogP contribution in [0.2, 0.25) is 5.02 Å². The highest BCUT2D eigenvalue weighted by Crippen LogP contribution is 2.35. The van der Waals surface area contributed by atoms with Gasteiger partial charge < -0.3 is 4.90 Å². The number of amides is 1. The highest BCUT2D eigenvalue weighted by atomic mass is 35.5. The molecule has 6 nitrogen and oxygen atoms in total. The minimum absolute atomic E-state index is 0.101. The summed E-state index contributed by atoms with van der Waals surface area (Å²) >= 11 is 5.70. The van der Waals surface area contributed by atoms with Crippen LogP contribution in [0.1, 0.15) is 28.3 Å². The van der Waals surface area contributed by atoms with Crippen LogP contribution >= 0.6 is 11.6 Å². The van der Waals surface area contributed by atoms with Crippen LogP contribution in [0, 0.1) is 20.8 Å². The number of alkyl halides is 3. The smallest absolute Gasteiger partial charge is 0.340 e. The summed E-state index contributed by atoms with van der Waals surface area (Å²) in [5.74, 6) is -0.376. The third-order valence-electron chi connectivity index (χ3n) is 4.17. The monoisotopic (exact) mass is 377 g/mol. The van der Waals surface area contributed by atoms with Gasteiger partial charge in [-0.15, -0.1) is 0 Å². The van der Waals surface area contributed by atoms with E-state index in [1.54, 1.807) is 18.8 Å². The Labute approximate surface area is 148 Å². The normalized spacial score (nSPS) is 11.9. The molecular formula is C15H19ClF3N5O. The van der Waals surface area contributed by atoms with Gasteiger partial charge >= 0.3 is 6.18 Å². The molecule has 0 aliphatic rings. The molecule has 0 fully saturated rings. The molecule has 2 aromatic heterocycles. The van der Waals surface area contributed by atoms with Crippen molar-refractivity contribution in [2.75, 3.05) is 7.05 Å². The lowest BCUT2D eigenvalue weighted by molar-refractivity contribution is -0.142. The zero-order valence-corrected chi connectivity index (χ0v) is 15.3. The molecule has 10 heteroatoms. The van der Waals surface area contributed by atoms with Crippen LogP contribution in [0.4, 0.5) is 13.2 Å². The predicted octanol–water partition coefficient (Wildman–Crippen LogP) is 2.87. The Kier molecular flexibility index (Phi) is 5.17. The van der Waals surface area contributed by atoms with Gasteiger partial charge in [0.15, 0.2) is 5.69 Å². The Morgan fingerprint density at radius 2 is 1.80 bits per heavy atom. The van der Waals surface area contributed by atoms with E-state index in [2.05, 4.69) is 10.2 Å². The van der Waals surface area contributed by atoms with E-state index < -0.39 is 16.9 Å². The second-order valence-corrected chi connectivity index (χ2v) is 6.30. The van der Waals surface area contributed by atoms with E-state index in [0.717, 1.165) is 21.6 Å². The number of aryl methyl sites for hydroxylation is 2. The van der Waals surface area contributed by atoms with Gasteiger partial charge in [0.2, 0.25) is 5.91 Å². The van der Waals surface area contributed by atoms with E-state index in [1.165, 1.54) is 11.8 Å². The fraction of sp³-hybridized carbons (Fsp3) is 0.533. The number of halogens is 4. The summed E-state index contributed by atoms with van der Waals surface area (Å²) in [6.45, 7) is 5.11. The Balaban J connectivity index is 2.17. The maximum absolute atomic E-state index is 12.9. The van der Waals surface area contributed by atoms with Crippen LogP contribution < -0.4 is 0 Å². The number of likely N-dealkylation sites (N-methyl/N-ethyl adjacent to an activating group) is 1. The molecule has 0 bridgehead atoms. The first kappa shape index (κ1) is 19.3. The van der Waals surface area contributed by atoms with Gasteiger partial charge in [-0.3, -0.25) is 14.2 Å². The molecule has 0 atom stereocenters. The third-order valence-corrected chi connectivity index (χ3v) is 4.62. The van der Waals surface area contributed by atoms with E-state index in [1.807, 2.05) is 13.8 Å². The maximum atomic E-state index is 12.9. The summed E-state index contributed by atoms with van der Waals surface area (Å²) < 4.78 is 41.3. The average molecular weight is 378 g/mol. The molecule has 0 unspecified atom stereocenters. The number of carbonyl (C=O) groups excluding carboxylic acids is 1. The highest BCUT2D eigenvalue weighted by molar-refractivity contribution is 6.32. The molecular weight excluding hydrogens is 359 g/mol. The molecule has 0 N–H and O–H groups in total. The molecule has 0 radical (unpaired) electrons. The van der Waals surface area contributed by atoms with Crippen LogP contribution in [0.15, 0.2) is 0 Å². The Morgan fingerprint density at radius 1 is 1.20 bits per heavy atom. The summed E-state index contributed by atoms with van der Waals surface area (Å²) in [6, 6.07) is 0. The maximum Gasteiger partial charge on any atom is 0.436 e. The van der Waals surface area contributed by atoms with Crippen molar-refractivity contribution in [1.29, 1.82) is 0 Å². The van der Waals surface area contributed by atoms with Crippen molar-refractivity contribution in [2.24, 2.45) is 7.05 Å². The number of nitrogens with zero attached hydrogens (tertiary/aromatic N) is 5. The van der Waals surface area contributed by atoms with Crippen LogP contribution in [0.5, 0.6) is 0 Å².